The second kappa shape index (κ2) is 6.44. The Hall–Kier alpha value is -2.61. The second-order valence-corrected chi connectivity index (χ2v) is 5.30. The first-order valence-corrected chi connectivity index (χ1v) is 7.44. The Bertz CT molecular complexity index is 735. The van der Waals surface area contributed by atoms with Gasteiger partial charge in [0, 0.05) is 17.7 Å². The van der Waals surface area contributed by atoms with Crippen LogP contribution in [0.1, 0.15) is 24.0 Å². The summed E-state index contributed by atoms with van der Waals surface area (Å²) in [5.74, 6) is 1.18. The van der Waals surface area contributed by atoms with Crippen LogP contribution in [0, 0.1) is 0 Å². The molecule has 0 aliphatic carbocycles. The number of pyridine rings is 1. The van der Waals surface area contributed by atoms with Crippen molar-refractivity contribution in [1.29, 1.82) is 0 Å². The summed E-state index contributed by atoms with van der Waals surface area (Å²) in [5, 5.41) is 0. The first-order chi connectivity index (χ1) is 10.8. The third-order valence-electron chi connectivity index (χ3n) is 3.98. The lowest BCUT2D eigenvalue weighted by atomic mass is 9.88. The van der Waals surface area contributed by atoms with E-state index in [1.807, 2.05) is 30.5 Å². The van der Waals surface area contributed by atoms with Gasteiger partial charge in [-0.3, -0.25) is 4.98 Å². The van der Waals surface area contributed by atoms with Gasteiger partial charge in [-0.15, -0.1) is 0 Å². The summed E-state index contributed by atoms with van der Waals surface area (Å²) in [6.07, 6.45) is 1.84. The van der Waals surface area contributed by atoms with E-state index < -0.39 is 0 Å². The monoisotopic (exact) mass is 289 g/mol. The highest BCUT2D eigenvalue weighted by molar-refractivity contribution is 5.65. The van der Waals surface area contributed by atoms with E-state index in [2.05, 4.69) is 54.4 Å². The number of benzene rings is 2. The lowest BCUT2D eigenvalue weighted by Crippen LogP contribution is -1.99. The lowest BCUT2D eigenvalue weighted by molar-refractivity contribution is 0.414. The molecule has 0 saturated heterocycles. The number of methoxy groups -OCH3 is 1. The van der Waals surface area contributed by atoms with Crippen molar-refractivity contribution in [3.05, 3.63) is 84.1 Å². The third kappa shape index (κ3) is 2.86. The van der Waals surface area contributed by atoms with Gasteiger partial charge < -0.3 is 4.74 Å². The van der Waals surface area contributed by atoms with Crippen molar-refractivity contribution in [2.24, 2.45) is 0 Å². The predicted octanol–water partition coefficient (Wildman–Crippen LogP) is 4.91. The molecule has 22 heavy (non-hydrogen) atoms. The van der Waals surface area contributed by atoms with Crippen LogP contribution >= 0.6 is 0 Å². The van der Waals surface area contributed by atoms with Gasteiger partial charge in [0.15, 0.2) is 0 Å². The number of nitrogens with zero attached hydrogens (tertiary/aromatic N) is 1. The minimum atomic E-state index is 0.295. The molecule has 1 atom stereocenters. The standard InChI is InChI=1S/C20H19NO/c1-15(16-10-12-17(22-2)13-11-16)18-7-3-4-8-19(18)20-9-5-6-14-21-20/h3-15H,1-2H3. The lowest BCUT2D eigenvalue weighted by Gasteiger charge is -2.17. The van der Waals surface area contributed by atoms with E-state index in [1.54, 1.807) is 7.11 Å². The summed E-state index contributed by atoms with van der Waals surface area (Å²) in [7, 11) is 1.69. The van der Waals surface area contributed by atoms with E-state index in [9.17, 15) is 0 Å². The molecule has 2 heteroatoms. The van der Waals surface area contributed by atoms with Crippen LogP contribution in [0.25, 0.3) is 11.3 Å². The number of ether oxygens (including phenoxy) is 1. The van der Waals surface area contributed by atoms with Gasteiger partial charge in [-0.1, -0.05) is 49.4 Å². The number of rotatable bonds is 4. The smallest absolute Gasteiger partial charge is 0.118 e. The molecule has 3 aromatic rings. The molecule has 0 radical (unpaired) electrons. The molecule has 3 rings (SSSR count). The van der Waals surface area contributed by atoms with Gasteiger partial charge in [0.2, 0.25) is 0 Å². The first kappa shape index (κ1) is 14.3. The van der Waals surface area contributed by atoms with E-state index in [1.165, 1.54) is 16.7 Å². The molecule has 2 nitrogen and oxygen atoms in total. The van der Waals surface area contributed by atoms with Crippen molar-refractivity contribution in [2.75, 3.05) is 7.11 Å². The minimum absolute atomic E-state index is 0.295. The number of aromatic nitrogens is 1. The van der Waals surface area contributed by atoms with Crippen LogP contribution in [-0.4, -0.2) is 12.1 Å². The van der Waals surface area contributed by atoms with E-state index in [0.29, 0.717) is 5.92 Å². The molecule has 1 heterocycles. The molecule has 1 unspecified atom stereocenters. The van der Waals surface area contributed by atoms with Gasteiger partial charge in [-0.25, -0.2) is 0 Å². The summed E-state index contributed by atoms with van der Waals surface area (Å²) < 4.78 is 5.24. The molecular weight excluding hydrogens is 270 g/mol. The normalized spacial score (nSPS) is 11.9. The Kier molecular flexibility index (Phi) is 4.19. The van der Waals surface area contributed by atoms with E-state index >= 15 is 0 Å². The Morgan fingerprint density at radius 2 is 1.59 bits per heavy atom. The SMILES string of the molecule is COc1ccc(C(C)c2ccccc2-c2ccccn2)cc1. The molecule has 0 N–H and O–H groups in total. The molecule has 110 valence electrons. The van der Waals surface area contributed by atoms with Crippen LogP contribution in [0.2, 0.25) is 0 Å². The van der Waals surface area contributed by atoms with Crippen molar-refractivity contribution in [3.8, 4) is 17.0 Å². The summed E-state index contributed by atoms with van der Waals surface area (Å²) in [6, 6.07) is 22.8. The van der Waals surface area contributed by atoms with Crippen molar-refractivity contribution in [2.45, 2.75) is 12.8 Å². The van der Waals surface area contributed by atoms with Gasteiger partial charge in [0.05, 0.1) is 12.8 Å². The molecule has 0 aliphatic heterocycles. The topological polar surface area (TPSA) is 22.1 Å². The fraction of sp³-hybridized carbons (Fsp3) is 0.150. The molecule has 0 saturated carbocycles. The quantitative estimate of drug-likeness (QED) is 0.681. The van der Waals surface area contributed by atoms with E-state index in [-0.39, 0.29) is 0 Å². The Labute approximate surface area is 131 Å². The van der Waals surface area contributed by atoms with Crippen LogP contribution in [-0.2, 0) is 0 Å². The van der Waals surface area contributed by atoms with Crippen LogP contribution in [0.4, 0.5) is 0 Å². The van der Waals surface area contributed by atoms with E-state index in [0.717, 1.165) is 11.4 Å². The second-order valence-electron chi connectivity index (χ2n) is 5.30. The highest BCUT2D eigenvalue weighted by Crippen LogP contribution is 2.32. The van der Waals surface area contributed by atoms with Crippen molar-refractivity contribution in [3.63, 3.8) is 0 Å². The summed E-state index contributed by atoms with van der Waals surface area (Å²) >= 11 is 0. The summed E-state index contributed by atoms with van der Waals surface area (Å²) in [4.78, 5) is 4.49. The molecule has 0 aliphatic rings. The molecular formula is C20H19NO. The number of hydrogen-bond donors (Lipinski definition) is 0. The molecule has 1 aromatic heterocycles. The Balaban J connectivity index is 2.00. The molecule has 0 amide bonds. The first-order valence-electron chi connectivity index (χ1n) is 7.44. The fourth-order valence-corrected chi connectivity index (χ4v) is 2.70. The van der Waals surface area contributed by atoms with Gasteiger partial charge >= 0.3 is 0 Å². The average molecular weight is 289 g/mol. The summed E-state index contributed by atoms with van der Waals surface area (Å²) in [6.45, 7) is 2.23. The highest BCUT2D eigenvalue weighted by Gasteiger charge is 2.14. The molecule has 0 bridgehead atoms. The molecule has 0 fully saturated rings. The van der Waals surface area contributed by atoms with Crippen LogP contribution in [0.5, 0.6) is 5.75 Å². The Morgan fingerprint density at radius 3 is 2.27 bits per heavy atom. The largest absolute Gasteiger partial charge is 0.497 e. The zero-order valence-electron chi connectivity index (χ0n) is 12.9. The number of hydrogen-bond acceptors (Lipinski definition) is 2. The zero-order valence-corrected chi connectivity index (χ0v) is 12.9. The van der Waals surface area contributed by atoms with Crippen molar-refractivity contribution in [1.82, 2.24) is 4.98 Å². The maximum Gasteiger partial charge on any atom is 0.118 e. The molecule has 2 aromatic carbocycles. The fourth-order valence-electron chi connectivity index (χ4n) is 2.70. The maximum atomic E-state index is 5.24. The predicted molar refractivity (Wildman–Crippen MR) is 90.2 cm³/mol. The minimum Gasteiger partial charge on any atom is -0.497 e. The Morgan fingerprint density at radius 1 is 0.864 bits per heavy atom. The van der Waals surface area contributed by atoms with Gasteiger partial charge in [0.1, 0.15) is 5.75 Å². The van der Waals surface area contributed by atoms with E-state index in [4.69, 9.17) is 4.74 Å². The molecule has 0 spiro atoms. The third-order valence-corrected chi connectivity index (χ3v) is 3.98. The highest BCUT2D eigenvalue weighted by atomic mass is 16.5. The van der Waals surface area contributed by atoms with Gasteiger partial charge in [0.25, 0.3) is 0 Å². The van der Waals surface area contributed by atoms with Crippen LogP contribution < -0.4 is 4.74 Å². The maximum absolute atomic E-state index is 5.24. The summed E-state index contributed by atoms with van der Waals surface area (Å²) in [5.41, 5.74) is 4.75. The van der Waals surface area contributed by atoms with Crippen LogP contribution in [0.3, 0.4) is 0 Å². The van der Waals surface area contributed by atoms with Crippen molar-refractivity contribution < 1.29 is 4.74 Å². The van der Waals surface area contributed by atoms with Gasteiger partial charge in [-0.2, -0.15) is 0 Å². The van der Waals surface area contributed by atoms with Crippen molar-refractivity contribution >= 4 is 0 Å². The zero-order chi connectivity index (χ0) is 15.4. The van der Waals surface area contributed by atoms with Gasteiger partial charge in [-0.05, 0) is 35.4 Å². The van der Waals surface area contributed by atoms with Crippen LogP contribution in [0.15, 0.2) is 72.9 Å². The average Bonchev–Trinajstić information content (AvgIpc) is 2.62.